The summed E-state index contributed by atoms with van der Waals surface area (Å²) in [5.41, 5.74) is 8.44. The van der Waals surface area contributed by atoms with Crippen molar-refractivity contribution in [3.63, 3.8) is 0 Å². The van der Waals surface area contributed by atoms with Gasteiger partial charge in [-0.2, -0.15) is 5.26 Å². The minimum absolute atomic E-state index is 0.0451. The number of esters is 2. The molecule has 3 aromatic carbocycles. The van der Waals surface area contributed by atoms with Gasteiger partial charge in [-0.05, 0) is 48.4 Å². The normalized spacial score (nSPS) is 14.2. The van der Waals surface area contributed by atoms with Crippen molar-refractivity contribution in [2.75, 3.05) is 13.7 Å². The standard InChI is InChI=1S/C28H24N2O6/c1-3-13-34-20-6-4-5-19(14-20)28(32)35-21-11-12-22-24(15-21)36-26(30)23(16-29)25(22)17-7-9-18(10-8-17)27(31)33-2/h4-12,14-15,25H,3,13,30H2,1-2H3. The van der Waals surface area contributed by atoms with Crippen LogP contribution in [0.2, 0.25) is 0 Å². The maximum absolute atomic E-state index is 12.7. The number of ether oxygens (including phenoxy) is 4. The highest BCUT2D eigenvalue weighted by molar-refractivity contribution is 5.91. The Morgan fingerprint density at radius 2 is 1.78 bits per heavy atom. The van der Waals surface area contributed by atoms with Crippen molar-refractivity contribution >= 4 is 11.9 Å². The molecule has 0 saturated heterocycles. The minimum atomic E-state index is -0.552. The monoisotopic (exact) mass is 484 g/mol. The zero-order chi connectivity index (χ0) is 25.7. The highest BCUT2D eigenvalue weighted by Gasteiger charge is 2.31. The molecule has 4 rings (SSSR count). The van der Waals surface area contributed by atoms with Gasteiger partial charge in [-0.3, -0.25) is 0 Å². The summed E-state index contributed by atoms with van der Waals surface area (Å²) in [5, 5.41) is 9.75. The molecule has 0 radical (unpaired) electrons. The molecule has 1 atom stereocenters. The smallest absolute Gasteiger partial charge is 0.343 e. The molecule has 2 N–H and O–H groups in total. The Bertz CT molecular complexity index is 1370. The summed E-state index contributed by atoms with van der Waals surface area (Å²) in [6, 6.07) is 20.5. The summed E-state index contributed by atoms with van der Waals surface area (Å²) in [6.07, 6.45) is 0.852. The third-order valence-corrected chi connectivity index (χ3v) is 5.61. The van der Waals surface area contributed by atoms with Crippen molar-refractivity contribution in [3.8, 4) is 23.3 Å². The number of carbonyl (C=O) groups is 2. The SMILES string of the molecule is CCCOc1cccc(C(=O)Oc2ccc3c(c2)OC(N)=C(C#N)C3c2ccc(C(=O)OC)cc2)c1. The first-order valence-electron chi connectivity index (χ1n) is 11.3. The second-order valence-corrected chi connectivity index (χ2v) is 8.00. The molecular weight excluding hydrogens is 460 g/mol. The molecule has 36 heavy (non-hydrogen) atoms. The van der Waals surface area contributed by atoms with Crippen LogP contribution in [-0.2, 0) is 4.74 Å². The van der Waals surface area contributed by atoms with Gasteiger partial charge in [-0.15, -0.1) is 0 Å². The van der Waals surface area contributed by atoms with Crippen LogP contribution in [0.1, 0.15) is 51.1 Å². The molecule has 182 valence electrons. The highest BCUT2D eigenvalue weighted by Crippen LogP contribution is 2.43. The largest absolute Gasteiger partial charge is 0.494 e. The highest BCUT2D eigenvalue weighted by atomic mass is 16.5. The van der Waals surface area contributed by atoms with Gasteiger partial charge in [0, 0.05) is 11.6 Å². The maximum Gasteiger partial charge on any atom is 0.343 e. The molecule has 8 nitrogen and oxygen atoms in total. The van der Waals surface area contributed by atoms with Crippen LogP contribution in [0.3, 0.4) is 0 Å². The number of nitrogens with two attached hydrogens (primary N) is 1. The summed E-state index contributed by atoms with van der Waals surface area (Å²) < 4.78 is 21.6. The van der Waals surface area contributed by atoms with E-state index in [4.69, 9.17) is 24.7 Å². The van der Waals surface area contributed by atoms with Gasteiger partial charge in [0.05, 0.1) is 30.8 Å². The van der Waals surface area contributed by atoms with Gasteiger partial charge in [0.1, 0.15) is 28.9 Å². The molecule has 0 saturated carbocycles. The van der Waals surface area contributed by atoms with Gasteiger partial charge in [0.25, 0.3) is 0 Å². The fourth-order valence-electron chi connectivity index (χ4n) is 3.87. The fraction of sp³-hybridized carbons (Fsp3) is 0.179. The van der Waals surface area contributed by atoms with Gasteiger partial charge in [-0.25, -0.2) is 9.59 Å². The van der Waals surface area contributed by atoms with E-state index < -0.39 is 17.9 Å². The molecule has 1 heterocycles. The Labute approximate surface area is 208 Å². The van der Waals surface area contributed by atoms with E-state index in [0.29, 0.717) is 34.8 Å². The number of nitriles is 1. The summed E-state index contributed by atoms with van der Waals surface area (Å²) >= 11 is 0. The Balaban J connectivity index is 1.61. The van der Waals surface area contributed by atoms with Crippen LogP contribution in [0.15, 0.2) is 78.2 Å². The van der Waals surface area contributed by atoms with E-state index in [0.717, 1.165) is 12.0 Å². The maximum atomic E-state index is 12.7. The summed E-state index contributed by atoms with van der Waals surface area (Å²) in [5.74, 6) is -0.380. The first-order chi connectivity index (χ1) is 17.4. The Kier molecular flexibility index (Phi) is 7.21. The molecule has 0 aliphatic carbocycles. The predicted octanol–water partition coefficient (Wildman–Crippen LogP) is 4.70. The summed E-state index contributed by atoms with van der Waals surface area (Å²) in [7, 11) is 1.31. The molecule has 0 spiro atoms. The topological polar surface area (TPSA) is 121 Å². The Morgan fingerprint density at radius 1 is 1.00 bits per heavy atom. The van der Waals surface area contributed by atoms with E-state index in [1.807, 2.05) is 6.92 Å². The van der Waals surface area contributed by atoms with Crippen LogP contribution in [0.4, 0.5) is 0 Å². The average molecular weight is 485 g/mol. The van der Waals surface area contributed by atoms with Crippen LogP contribution in [-0.4, -0.2) is 25.7 Å². The quantitative estimate of drug-likeness (QED) is 0.378. The van der Waals surface area contributed by atoms with E-state index in [-0.39, 0.29) is 17.2 Å². The third-order valence-electron chi connectivity index (χ3n) is 5.61. The number of methoxy groups -OCH3 is 1. The molecule has 0 bridgehead atoms. The molecule has 0 amide bonds. The Morgan fingerprint density at radius 3 is 2.47 bits per heavy atom. The van der Waals surface area contributed by atoms with E-state index in [9.17, 15) is 14.9 Å². The molecule has 0 fully saturated rings. The second kappa shape index (κ2) is 10.7. The van der Waals surface area contributed by atoms with Crippen LogP contribution in [0, 0.1) is 11.3 Å². The van der Waals surface area contributed by atoms with Crippen molar-refractivity contribution < 1.29 is 28.5 Å². The lowest BCUT2D eigenvalue weighted by atomic mass is 9.83. The van der Waals surface area contributed by atoms with Gasteiger partial charge < -0.3 is 24.7 Å². The number of hydrogen-bond donors (Lipinski definition) is 1. The van der Waals surface area contributed by atoms with Crippen LogP contribution < -0.4 is 19.9 Å². The van der Waals surface area contributed by atoms with Crippen LogP contribution in [0.5, 0.6) is 17.2 Å². The number of rotatable bonds is 7. The van der Waals surface area contributed by atoms with Crippen LogP contribution in [0.25, 0.3) is 0 Å². The fourth-order valence-corrected chi connectivity index (χ4v) is 3.87. The number of benzene rings is 3. The van der Waals surface area contributed by atoms with Gasteiger partial charge in [0.2, 0.25) is 5.88 Å². The van der Waals surface area contributed by atoms with Crippen molar-refractivity contribution in [3.05, 3.63) is 100 Å². The third kappa shape index (κ3) is 5.00. The lowest BCUT2D eigenvalue weighted by Crippen LogP contribution is -2.21. The number of hydrogen-bond acceptors (Lipinski definition) is 8. The van der Waals surface area contributed by atoms with Crippen molar-refractivity contribution in [1.82, 2.24) is 0 Å². The Hall–Kier alpha value is -4.77. The van der Waals surface area contributed by atoms with Crippen LogP contribution >= 0.6 is 0 Å². The summed E-state index contributed by atoms with van der Waals surface area (Å²) in [4.78, 5) is 24.5. The lowest BCUT2D eigenvalue weighted by molar-refractivity contribution is 0.0600. The van der Waals surface area contributed by atoms with E-state index >= 15 is 0 Å². The molecule has 1 aliphatic heterocycles. The van der Waals surface area contributed by atoms with Crippen molar-refractivity contribution in [1.29, 1.82) is 5.26 Å². The zero-order valence-electron chi connectivity index (χ0n) is 19.8. The molecule has 8 heteroatoms. The molecular formula is C28H24N2O6. The first kappa shape index (κ1) is 24.4. The van der Waals surface area contributed by atoms with Gasteiger partial charge in [0.15, 0.2) is 0 Å². The predicted molar refractivity (Wildman–Crippen MR) is 131 cm³/mol. The van der Waals surface area contributed by atoms with E-state index in [1.165, 1.54) is 7.11 Å². The zero-order valence-corrected chi connectivity index (χ0v) is 19.8. The van der Waals surface area contributed by atoms with E-state index in [2.05, 4.69) is 6.07 Å². The number of nitrogens with zero attached hydrogens (tertiary/aromatic N) is 1. The first-order valence-corrected chi connectivity index (χ1v) is 11.3. The number of fused-ring (bicyclic) bond motifs is 1. The second-order valence-electron chi connectivity index (χ2n) is 8.00. The van der Waals surface area contributed by atoms with Crippen molar-refractivity contribution in [2.45, 2.75) is 19.3 Å². The van der Waals surface area contributed by atoms with Gasteiger partial charge in [-0.1, -0.05) is 31.2 Å². The molecule has 1 aliphatic rings. The van der Waals surface area contributed by atoms with Crippen molar-refractivity contribution in [2.24, 2.45) is 5.73 Å². The molecule has 3 aromatic rings. The average Bonchev–Trinajstić information content (AvgIpc) is 2.90. The number of carbonyl (C=O) groups excluding carboxylic acids is 2. The van der Waals surface area contributed by atoms with Gasteiger partial charge >= 0.3 is 11.9 Å². The molecule has 1 unspecified atom stereocenters. The lowest BCUT2D eigenvalue weighted by Gasteiger charge is -2.26. The molecule has 0 aromatic heterocycles. The summed E-state index contributed by atoms with van der Waals surface area (Å²) in [6.45, 7) is 2.55. The number of allylic oxidation sites excluding steroid dienone is 1. The minimum Gasteiger partial charge on any atom is -0.494 e. The van der Waals surface area contributed by atoms with E-state index in [1.54, 1.807) is 66.7 Å².